The van der Waals surface area contributed by atoms with Gasteiger partial charge in [-0.15, -0.1) is 0 Å². The highest BCUT2D eigenvalue weighted by Crippen LogP contribution is 2.31. The lowest BCUT2D eigenvalue weighted by molar-refractivity contribution is -0.122. The zero-order valence-corrected chi connectivity index (χ0v) is 14.2. The van der Waals surface area contributed by atoms with Gasteiger partial charge in [0.05, 0.1) is 0 Å². The first-order chi connectivity index (χ1) is 12.1. The number of carbonyl (C=O) groups excluding carboxylic acids is 2. The van der Waals surface area contributed by atoms with Crippen molar-refractivity contribution in [2.75, 3.05) is 6.61 Å². The quantitative estimate of drug-likeness (QED) is 0.744. The normalized spacial score (nSPS) is 12.1. The van der Waals surface area contributed by atoms with Crippen molar-refractivity contribution in [3.05, 3.63) is 42.5 Å². The maximum atomic E-state index is 11.8. The lowest BCUT2D eigenvalue weighted by Gasteiger charge is -2.12. The summed E-state index contributed by atoms with van der Waals surface area (Å²) in [7, 11) is 0. The Bertz CT molecular complexity index is 916. The number of ether oxygens (including phenoxy) is 1. The molecule has 1 aromatic heterocycles. The van der Waals surface area contributed by atoms with Gasteiger partial charge in [-0.05, 0) is 37.6 Å². The molecule has 1 heterocycles. The van der Waals surface area contributed by atoms with Gasteiger partial charge in [0.25, 0.3) is 5.91 Å². The van der Waals surface area contributed by atoms with Crippen LogP contribution in [0.3, 0.4) is 0 Å². The number of hydrogen-bond donors (Lipinski definition) is 2. The number of imide groups is 1. The average molecular weight is 340 g/mol. The average Bonchev–Trinajstić information content (AvgIpc) is 2.97. The number of urea groups is 1. The summed E-state index contributed by atoms with van der Waals surface area (Å²) < 4.78 is 11.2. The zero-order chi connectivity index (χ0) is 17.8. The van der Waals surface area contributed by atoms with Crippen LogP contribution in [0.2, 0.25) is 0 Å². The number of amides is 3. The van der Waals surface area contributed by atoms with Gasteiger partial charge < -0.3 is 14.5 Å². The molecule has 0 unspecified atom stereocenters. The van der Waals surface area contributed by atoms with Crippen molar-refractivity contribution in [2.45, 2.75) is 26.3 Å². The molecule has 6 nitrogen and oxygen atoms in total. The molecule has 25 heavy (non-hydrogen) atoms. The number of benzene rings is 2. The molecule has 3 aromatic rings. The molecule has 3 amide bonds. The molecule has 0 saturated carbocycles. The molecule has 3 rings (SSSR count). The Morgan fingerprint density at radius 1 is 1.12 bits per heavy atom. The second-order valence-electron chi connectivity index (χ2n) is 5.88. The predicted molar refractivity (Wildman–Crippen MR) is 95.6 cm³/mol. The van der Waals surface area contributed by atoms with Crippen molar-refractivity contribution in [3.63, 3.8) is 0 Å². The monoisotopic (exact) mass is 340 g/mol. The Kier molecular flexibility index (Phi) is 4.88. The lowest BCUT2D eigenvalue weighted by Crippen LogP contribution is -2.44. The Hall–Kier alpha value is -3.02. The van der Waals surface area contributed by atoms with E-state index < -0.39 is 11.9 Å². The van der Waals surface area contributed by atoms with Crippen molar-refractivity contribution < 1.29 is 18.7 Å². The van der Waals surface area contributed by atoms with Crippen molar-refractivity contribution >= 4 is 33.9 Å². The molecule has 2 aromatic carbocycles. The SMILES string of the molecule is CC[C@@H](C)NC(=O)NC(=O)COc1ccc2oc3ccccc3c2c1. The third kappa shape index (κ3) is 3.91. The van der Waals surface area contributed by atoms with E-state index in [0.717, 1.165) is 28.4 Å². The molecule has 0 fully saturated rings. The minimum absolute atomic E-state index is 0.00509. The van der Waals surface area contributed by atoms with Crippen LogP contribution in [0.15, 0.2) is 46.9 Å². The van der Waals surface area contributed by atoms with Crippen molar-refractivity contribution in [1.82, 2.24) is 10.6 Å². The van der Waals surface area contributed by atoms with E-state index in [-0.39, 0.29) is 12.6 Å². The molecule has 6 heteroatoms. The van der Waals surface area contributed by atoms with Gasteiger partial charge in [-0.25, -0.2) is 4.79 Å². The lowest BCUT2D eigenvalue weighted by atomic mass is 10.1. The summed E-state index contributed by atoms with van der Waals surface area (Å²) in [6.45, 7) is 3.58. The van der Waals surface area contributed by atoms with Gasteiger partial charge in [-0.3, -0.25) is 10.1 Å². The number of furan rings is 1. The highest BCUT2D eigenvalue weighted by atomic mass is 16.5. The van der Waals surface area contributed by atoms with E-state index in [1.54, 1.807) is 12.1 Å². The Morgan fingerprint density at radius 2 is 1.88 bits per heavy atom. The maximum absolute atomic E-state index is 11.8. The molecular weight excluding hydrogens is 320 g/mol. The summed E-state index contributed by atoms with van der Waals surface area (Å²) in [6, 6.07) is 12.6. The van der Waals surface area contributed by atoms with Gasteiger partial charge in [-0.2, -0.15) is 0 Å². The molecular formula is C19H20N2O4. The third-order valence-corrected chi connectivity index (χ3v) is 3.96. The molecule has 0 aliphatic rings. The van der Waals surface area contributed by atoms with E-state index in [9.17, 15) is 9.59 Å². The zero-order valence-electron chi connectivity index (χ0n) is 14.2. The van der Waals surface area contributed by atoms with E-state index in [0.29, 0.717) is 5.75 Å². The Balaban J connectivity index is 1.64. The van der Waals surface area contributed by atoms with Crippen molar-refractivity contribution in [1.29, 1.82) is 0 Å². The maximum Gasteiger partial charge on any atom is 0.321 e. The largest absolute Gasteiger partial charge is 0.484 e. The van der Waals surface area contributed by atoms with E-state index in [2.05, 4.69) is 10.6 Å². The van der Waals surface area contributed by atoms with Crippen LogP contribution in [-0.4, -0.2) is 24.6 Å². The van der Waals surface area contributed by atoms with Crippen LogP contribution in [0, 0.1) is 0 Å². The standard InChI is InChI=1S/C19H20N2O4/c1-3-12(2)20-19(23)21-18(22)11-24-13-8-9-17-15(10-13)14-6-4-5-7-16(14)25-17/h4-10,12H,3,11H2,1-2H3,(H2,20,21,22,23)/t12-/m1/s1. The summed E-state index contributed by atoms with van der Waals surface area (Å²) >= 11 is 0. The first-order valence-electron chi connectivity index (χ1n) is 8.21. The fourth-order valence-corrected chi connectivity index (χ4v) is 2.47. The summed E-state index contributed by atoms with van der Waals surface area (Å²) in [5.74, 6) is 0.0366. The highest BCUT2D eigenvalue weighted by molar-refractivity contribution is 6.05. The van der Waals surface area contributed by atoms with Crippen LogP contribution in [0.5, 0.6) is 5.75 Å². The highest BCUT2D eigenvalue weighted by Gasteiger charge is 2.11. The summed E-state index contributed by atoms with van der Waals surface area (Å²) in [5, 5.41) is 6.81. The Labute approximate surface area is 145 Å². The van der Waals surface area contributed by atoms with Crippen molar-refractivity contribution in [3.8, 4) is 5.75 Å². The molecule has 2 N–H and O–H groups in total. The number of nitrogens with one attached hydrogen (secondary N) is 2. The number of fused-ring (bicyclic) bond motifs is 3. The minimum Gasteiger partial charge on any atom is -0.484 e. The molecule has 130 valence electrons. The fourth-order valence-electron chi connectivity index (χ4n) is 2.47. The van der Waals surface area contributed by atoms with E-state index in [1.165, 1.54) is 0 Å². The first-order valence-corrected chi connectivity index (χ1v) is 8.21. The smallest absolute Gasteiger partial charge is 0.321 e. The van der Waals surface area contributed by atoms with Crippen LogP contribution in [-0.2, 0) is 4.79 Å². The summed E-state index contributed by atoms with van der Waals surface area (Å²) in [5.41, 5.74) is 1.56. The van der Waals surface area contributed by atoms with Gasteiger partial charge in [0.15, 0.2) is 6.61 Å². The number of carbonyl (C=O) groups is 2. The van der Waals surface area contributed by atoms with Gasteiger partial charge in [-0.1, -0.05) is 25.1 Å². The first kappa shape index (κ1) is 16.8. The molecule has 0 saturated heterocycles. The van der Waals surface area contributed by atoms with Gasteiger partial charge in [0.2, 0.25) is 0 Å². The van der Waals surface area contributed by atoms with Crippen LogP contribution in [0.1, 0.15) is 20.3 Å². The number of rotatable bonds is 5. The Morgan fingerprint density at radius 3 is 2.68 bits per heavy atom. The van der Waals surface area contributed by atoms with E-state index >= 15 is 0 Å². The molecule has 1 atom stereocenters. The predicted octanol–water partition coefficient (Wildman–Crippen LogP) is 3.59. The second-order valence-corrected chi connectivity index (χ2v) is 5.88. The molecule has 0 spiro atoms. The molecule has 0 aliphatic carbocycles. The van der Waals surface area contributed by atoms with Gasteiger partial charge in [0, 0.05) is 16.8 Å². The van der Waals surface area contributed by atoms with Gasteiger partial charge in [0.1, 0.15) is 16.9 Å². The molecule has 0 aliphatic heterocycles. The van der Waals surface area contributed by atoms with E-state index in [4.69, 9.17) is 9.15 Å². The van der Waals surface area contributed by atoms with Crippen LogP contribution in [0.4, 0.5) is 4.79 Å². The fraction of sp³-hybridized carbons (Fsp3) is 0.263. The number of para-hydroxylation sites is 1. The third-order valence-electron chi connectivity index (χ3n) is 3.96. The van der Waals surface area contributed by atoms with E-state index in [1.807, 2.05) is 44.2 Å². The molecule has 0 bridgehead atoms. The van der Waals surface area contributed by atoms with Crippen molar-refractivity contribution in [2.24, 2.45) is 0 Å². The summed E-state index contributed by atoms with van der Waals surface area (Å²) in [4.78, 5) is 23.4. The minimum atomic E-state index is -0.515. The van der Waals surface area contributed by atoms with Crippen LogP contribution in [0.25, 0.3) is 21.9 Å². The van der Waals surface area contributed by atoms with Crippen LogP contribution < -0.4 is 15.4 Å². The molecule has 0 radical (unpaired) electrons. The van der Waals surface area contributed by atoms with Gasteiger partial charge >= 0.3 is 6.03 Å². The summed E-state index contributed by atoms with van der Waals surface area (Å²) in [6.07, 6.45) is 0.788. The van der Waals surface area contributed by atoms with Crippen LogP contribution >= 0.6 is 0 Å². The topological polar surface area (TPSA) is 80.6 Å². The number of hydrogen-bond acceptors (Lipinski definition) is 4. The second kappa shape index (κ2) is 7.25.